The Labute approximate surface area is 365 Å². The number of aromatic hydroxyl groups is 1. The summed E-state index contributed by atoms with van der Waals surface area (Å²) in [5, 5.41) is 37.4. The summed E-state index contributed by atoms with van der Waals surface area (Å²) in [5.41, 5.74) is -0.531. The van der Waals surface area contributed by atoms with Crippen LogP contribution in [0.5, 0.6) is 17.2 Å². The average molecular weight is 872 g/mol. The highest BCUT2D eigenvalue weighted by molar-refractivity contribution is 6.26. The van der Waals surface area contributed by atoms with Crippen LogP contribution < -0.4 is 20.2 Å². The Balaban J connectivity index is 1.58. The molecule has 9 atom stereocenters. The number of ketones is 1. The molecule has 4 bridgehead atoms. The Hall–Kier alpha value is -5.81. The molecule has 0 aliphatic carbocycles. The summed E-state index contributed by atoms with van der Waals surface area (Å²) < 4.78 is 36.2. The number of rotatable bonds is 6. The number of aliphatic hydroxyl groups is 2. The second-order valence-electron chi connectivity index (χ2n) is 17.0. The maximum Gasteiger partial charge on any atom is 0.312 e. The van der Waals surface area contributed by atoms with E-state index in [1.165, 1.54) is 53.2 Å². The summed E-state index contributed by atoms with van der Waals surface area (Å²) in [6, 6.07) is 4.97. The molecule has 0 radical (unpaired) electrons. The Morgan fingerprint density at radius 3 is 2.38 bits per heavy atom. The van der Waals surface area contributed by atoms with Gasteiger partial charge in [0.25, 0.3) is 11.7 Å². The van der Waals surface area contributed by atoms with Gasteiger partial charge < -0.3 is 53.6 Å². The number of phenolic OH excluding ortho intramolecular Hbond substituents is 1. The fraction of sp³-hybridized carbons (Fsp3) is 0.468. The van der Waals surface area contributed by atoms with Crippen LogP contribution in [0.3, 0.4) is 0 Å². The number of carbonyl (C=O) groups excluding carboxylic acids is 3. The minimum Gasteiger partial charge on any atom is -0.505 e. The number of hydrogen-bond acceptors (Lipinski definition) is 15. The minimum atomic E-state index is -2.04. The van der Waals surface area contributed by atoms with Gasteiger partial charge in [-0.15, -0.1) is 0 Å². The highest BCUT2D eigenvalue weighted by Gasteiger charge is 2.49. The molecule has 0 unspecified atom stereocenters. The van der Waals surface area contributed by atoms with Crippen molar-refractivity contribution >= 4 is 56.3 Å². The molecule has 0 saturated carbocycles. The van der Waals surface area contributed by atoms with Crippen LogP contribution in [0, 0.1) is 30.6 Å². The van der Waals surface area contributed by atoms with E-state index in [2.05, 4.69) is 5.32 Å². The number of fused-ring (bicyclic) bond motifs is 2. The number of aliphatic hydroxyl groups excluding tert-OH is 2. The maximum absolute atomic E-state index is 14.7. The van der Waals surface area contributed by atoms with E-state index in [0.29, 0.717) is 24.4 Å². The lowest BCUT2D eigenvalue weighted by molar-refractivity contribution is -0.160. The van der Waals surface area contributed by atoms with Crippen LogP contribution in [0.1, 0.15) is 64.4 Å². The van der Waals surface area contributed by atoms with Crippen molar-refractivity contribution in [3.8, 4) is 17.2 Å². The third kappa shape index (κ3) is 9.03. The lowest BCUT2D eigenvalue weighted by Crippen LogP contribution is -2.46. The smallest absolute Gasteiger partial charge is 0.312 e. The first-order valence-electron chi connectivity index (χ1n) is 20.9. The standard InChI is InChI=1S/C47H57N3O13/c1-22-13-12-14-23(2)46(57)49-37-41(55)34-33(36-44(37)62-32-21-29(15-16-30(32)48-36)59-20-18-50(9)10)35-43(27(6)40(34)54)63-47(8,45(35)56)60-19-17-31(58-11)24(3)42(61-28(7)51)26(5)39(53)25(4)38(22)52/h12-17,19,21-22,24-26,31,38-39,42,52-53,55H,18,20H2,1-11H3,(H,49,57)/b13-12+,19-17+,23-14-/t22-,24+,25+,26+,31-,38-,39+,42+,47-/m0/s1. The molecule has 1 aromatic heterocycles. The fourth-order valence-electron chi connectivity index (χ4n) is 8.22. The molecule has 2 aliphatic heterocycles. The lowest BCUT2D eigenvalue weighted by Gasteiger charge is -2.38. The van der Waals surface area contributed by atoms with Gasteiger partial charge in [-0.1, -0.05) is 45.9 Å². The zero-order chi connectivity index (χ0) is 46.2. The molecule has 16 heteroatoms. The number of allylic oxidation sites excluding steroid dienone is 2. The molecule has 3 aromatic carbocycles. The molecule has 0 spiro atoms. The Bertz CT molecular complexity index is 2600. The molecular formula is C47H57N3O13. The molecule has 1 amide bonds. The van der Waals surface area contributed by atoms with Crippen LogP contribution in [0.25, 0.3) is 33.0 Å². The number of esters is 1. The minimum absolute atomic E-state index is 0.0104. The Kier molecular flexibility index (Phi) is 13.7. The van der Waals surface area contributed by atoms with Gasteiger partial charge in [0, 0.05) is 73.8 Å². The van der Waals surface area contributed by atoms with E-state index in [9.17, 15) is 34.5 Å². The lowest BCUT2D eigenvalue weighted by atomic mass is 9.78. The van der Waals surface area contributed by atoms with E-state index in [0.717, 1.165) is 0 Å². The van der Waals surface area contributed by atoms with Crippen molar-refractivity contribution in [2.24, 2.45) is 23.7 Å². The van der Waals surface area contributed by atoms with Crippen LogP contribution in [0.2, 0.25) is 0 Å². The number of nitrogens with one attached hydrogen (secondary N) is 1. The number of hydrogen-bond donors (Lipinski definition) is 4. The van der Waals surface area contributed by atoms with Gasteiger partial charge >= 0.3 is 11.8 Å². The third-order valence-electron chi connectivity index (χ3n) is 12.1. The van der Waals surface area contributed by atoms with Gasteiger partial charge in [0.1, 0.15) is 40.9 Å². The van der Waals surface area contributed by atoms with E-state index in [1.54, 1.807) is 58.0 Å². The third-order valence-corrected chi connectivity index (χ3v) is 12.1. The van der Waals surface area contributed by atoms with Crippen LogP contribution in [0.4, 0.5) is 5.69 Å². The number of likely N-dealkylation sites (N-methyl/N-ethyl adjacent to an activating group) is 1. The summed E-state index contributed by atoms with van der Waals surface area (Å²) in [6.45, 7) is 13.6. The first-order chi connectivity index (χ1) is 29.7. The Morgan fingerprint density at radius 2 is 1.71 bits per heavy atom. The quantitative estimate of drug-likeness (QED) is 0.0764. The topological polar surface area (TPSA) is 216 Å². The van der Waals surface area contributed by atoms with Gasteiger partial charge in [-0.05, 0) is 46.2 Å². The van der Waals surface area contributed by atoms with Crippen LogP contribution in [-0.2, 0) is 23.8 Å². The second-order valence-corrected chi connectivity index (χ2v) is 17.0. The van der Waals surface area contributed by atoms with E-state index in [1.807, 2.05) is 19.0 Å². The number of ether oxygens (including phenoxy) is 5. The van der Waals surface area contributed by atoms with Crippen molar-refractivity contribution in [2.45, 2.75) is 85.6 Å². The number of Topliss-reactive ketones (excluding diaryl/α,β-unsaturated/α-hetero) is 1. The fourth-order valence-corrected chi connectivity index (χ4v) is 8.22. The number of phenols is 1. The first kappa shape index (κ1) is 46.7. The second kappa shape index (κ2) is 18.5. The van der Waals surface area contributed by atoms with Crippen molar-refractivity contribution in [2.75, 3.05) is 39.7 Å². The number of nitrogens with zero attached hydrogens (tertiary/aromatic N) is 2. The van der Waals surface area contributed by atoms with Crippen molar-refractivity contribution in [1.82, 2.24) is 9.88 Å². The summed E-state index contributed by atoms with van der Waals surface area (Å²) in [5.74, 6) is -6.80. The molecule has 0 saturated heterocycles. The normalized spacial score (nSPS) is 29.0. The van der Waals surface area contributed by atoms with Gasteiger partial charge in [0.15, 0.2) is 22.3 Å². The summed E-state index contributed by atoms with van der Waals surface area (Å²) in [7, 11) is 5.28. The first-order valence-corrected chi connectivity index (χ1v) is 20.9. The van der Waals surface area contributed by atoms with E-state index >= 15 is 0 Å². The Morgan fingerprint density at radius 1 is 1.00 bits per heavy atom. The van der Waals surface area contributed by atoms with Crippen molar-refractivity contribution in [1.29, 1.82) is 0 Å². The molecule has 4 N–H and O–H groups in total. The van der Waals surface area contributed by atoms with Gasteiger partial charge in [-0.2, -0.15) is 0 Å². The number of anilines is 1. The summed E-state index contributed by atoms with van der Waals surface area (Å²) in [4.78, 5) is 62.1. The summed E-state index contributed by atoms with van der Waals surface area (Å²) >= 11 is 0. The largest absolute Gasteiger partial charge is 0.505 e. The number of methoxy groups -OCH3 is 1. The molecule has 6 rings (SSSR count). The van der Waals surface area contributed by atoms with E-state index in [-0.39, 0.29) is 55.6 Å². The predicted octanol–water partition coefficient (Wildman–Crippen LogP) is 5.94. The van der Waals surface area contributed by atoms with Crippen molar-refractivity contribution in [3.05, 3.63) is 75.7 Å². The van der Waals surface area contributed by atoms with Crippen LogP contribution in [-0.4, -0.2) is 107 Å². The number of carbonyl (C=O) groups is 3. The highest BCUT2D eigenvalue weighted by atomic mass is 16.7. The van der Waals surface area contributed by atoms with Crippen molar-refractivity contribution < 1.29 is 57.8 Å². The zero-order valence-electron chi connectivity index (χ0n) is 37.5. The molecule has 4 aromatic rings. The number of amides is 1. The van der Waals surface area contributed by atoms with E-state index < -0.39 is 82.7 Å². The number of aromatic nitrogens is 1. The van der Waals surface area contributed by atoms with Crippen molar-refractivity contribution in [3.63, 3.8) is 0 Å². The molecular weight excluding hydrogens is 815 g/mol. The maximum atomic E-state index is 14.7. The van der Waals surface area contributed by atoms with Gasteiger partial charge in [0.05, 0.1) is 35.5 Å². The molecule has 2 aliphatic rings. The number of benzene rings is 3. The average Bonchev–Trinajstić information content (AvgIpc) is 3.50. The van der Waals surface area contributed by atoms with Crippen LogP contribution >= 0.6 is 0 Å². The SMILES string of the molecule is CO[C@H]1/C=C/O[C@@]2(C)Oc3c(C)c(=O)c4c(O)c(c5oc6cc(OCCN(C)C)ccc6nc5c4c3C2=O)NC(=O)/C(C)=C\C=C\[C@H](C)[C@H](O)[C@@H](C)[C@@H](O)[C@@H](C)[C@H](OC(C)=O)[C@@H]1C. The van der Waals surface area contributed by atoms with Gasteiger partial charge in [0.2, 0.25) is 0 Å². The molecule has 3 heterocycles. The highest BCUT2D eigenvalue weighted by Crippen LogP contribution is 2.48. The summed E-state index contributed by atoms with van der Waals surface area (Å²) in [6.07, 6.45) is 3.60. The van der Waals surface area contributed by atoms with Gasteiger partial charge in [-0.3, -0.25) is 19.2 Å². The van der Waals surface area contributed by atoms with Crippen LogP contribution in [0.15, 0.2) is 63.6 Å². The zero-order valence-corrected chi connectivity index (χ0v) is 37.5. The van der Waals surface area contributed by atoms with Gasteiger partial charge in [-0.25, -0.2) is 4.98 Å². The molecule has 338 valence electrons. The van der Waals surface area contributed by atoms with E-state index in [4.69, 9.17) is 33.1 Å². The monoisotopic (exact) mass is 871 g/mol. The predicted molar refractivity (Wildman–Crippen MR) is 236 cm³/mol. The molecule has 16 nitrogen and oxygen atoms in total. The molecule has 63 heavy (non-hydrogen) atoms. The molecule has 0 fully saturated rings.